The predicted octanol–water partition coefficient (Wildman–Crippen LogP) is 2.56. The lowest BCUT2D eigenvalue weighted by Crippen LogP contribution is -2.31. The van der Waals surface area contributed by atoms with E-state index in [1.165, 1.54) is 12.8 Å². The van der Waals surface area contributed by atoms with Crippen LogP contribution in [0.25, 0.3) is 0 Å². The van der Waals surface area contributed by atoms with Crippen molar-refractivity contribution in [3.05, 3.63) is 11.6 Å². The Morgan fingerprint density at radius 3 is 2.41 bits per heavy atom. The van der Waals surface area contributed by atoms with Crippen LogP contribution in [0.2, 0.25) is 0 Å². The zero-order chi connectivity index (χ0) is 12.4. The predicted molar refractivity (Wildman–Crippen MR) is 66.4 cm³/mol. The van der Waals surface area contributed by atoms with Crippen LogP contribution in [0.5, 0.6) is 0 Å². The molecule has 0 amide bonds. The van der Waals surface area contributed by atoms with Crippen LogP contribution < -0.4 is 0 Å². The van der Waals surface area contributed by atoms with E-state index in [9.17, 15) is 9.90 Å². The van der Waals surface area contributed by atoms with Crippen molar-refractivity contribution in [1.82, 2.24) is 0 Å². The van der Waals surface area contributed by atoms with Crippen molar-refractivity contribution in [3.8, 4) is 0 Å². The maximum Gasteiger partial charge on any atom is 0.145 e. The lowest BCUT2D eigenvalue weighted by Gasteiger charge is -2.35. The monoisotopic (exact) mass is 234 g/mol. The molecule has 2 heteroatoms. The summed E-state index contributed by atoms with van der Waals surface area (Å²) in [6, 6.07) is 0. The fourth-order valence-electron chi connectivity index (χ4n) is 5.26. The molecule has 4 saturated carbocycles. The first-order valence-electron chi connectivity index (χ1n) is 6.75. The highest BCUT2D eigenvalue weighted by atomic mass is 16.3. The van der Waals surface area contributed by atoms with Crippen LogP contribution in [-0.2, 0) is 4.79 Å². The largest absolute Gasteiger partial charge is 0.389 e. The summed E-state index contributed by atoms with van der Waals surface area (Å²) in [6.07, 6.45) is 5.66. The van der Waals surface area contributed by atoms with Gasteiger partial charge in [0.2, 0.25) is 0 Å². The van der Waals surface area contributed by atoms with Crippen molar-refractivity contribution in [2.75, 3.05) is 0 Å². The quantitative estimate of drug-likeness (QED) is 0.599. The standard InChI is InChI=1S/C15H22O2/c1-9(8-16)4-11(17)7-14(2)10-5-12-13(6-10)15(12,14)3/h4,8,10-13,17H,5-7H2,1-3H3/b9-4+/t10?,11-,12?,13?,14?,15?/m0/s1. The number of hydrogen-bond donors (Lipinski definition) is 1. The van der Waals surface area contributed by atoms with Gasteiger partial charge in [-0.1, -0.05) is 19.9 Å². The summed E-state index contributed by atoms with van der Waals surface area (Å²) >= 11 is 0. The third kappa shape index (κ3) is 1.22. The Labute approximate surface area is 103 Å². The van der Waals surface area contributed by atoms with Crippen molar-refractivity contribution in [2.24, 2.45) is 28.6 Å². The molecule has 0 radical (unpaired) electrons. The average Bonchev–Trinajstić information content (AvgIpc) is 2.63. The van der Waals surface area contributed by atoms with E-state index in [4.69, 9.17) is 0 Å². The molecule has 1 N–H and O–H groups in total. The topological polar surface area (TPSA) is 37.3 Å². The zero-order valence-electron chi connectivity index (χ0n) is 10.9. The SMILES string of the molecule is C/C(C=O)=C\[C@H](O)CC1(C)C2CC3C(C2)C31C. The summed E-state index contributed by atoms with van der Waals surface area (Å²) in [7, 11) is 0. The molecule has 0 aliphatic heterocycles. The Morgan fingerprint density at radius 2 is 2.00 bits per heavy atom. The molecule has 4 rings (SSSR count). The van der Waals surface area contributed by atoms with Gasteiger partial charge in [-0.05, 0) is 60.3 Å². The summed E-state index contributed by atoms with van der Waals surface area (Å²) < 4.78 is 0. The average molecular weight is 234 g/mol. The molecule has 0 aromatic heterocycles. The first-order chi connectivity index (χ1) is 7.93. The fourth-order valence-corrected chi connectivity index (χ4v) is 5.26. The number of aliphatic hydroxyl groups excluding tert-OH is 1. The maximum absolute atomic E-state index is 10.6. The number of aliphatic hydroxyl groups is 1. The van der Waals surface area contributed by atoms with Gasteiger partial charge < -0.3 is 5.11 Å². The van der Waals surface area contributed by atoms with Crippen LogP contribution in [0.15, 0.2) is 11.6 Å². The maximum atomic E-state index is 10.6. The van der Waals surface area contributed by atoms with Gasteiger partial charge in [0.1, 0.15) is 6.29 Å². The highest BCUT2D eigenvalue weighted by Crippen LogP contribution is 2.86. The van der Waals surface area contributed by atoms with Gasteiger partial charge in [0.15, 0.2) is 0 Å². The van der Waals surface area contributed by atoms with Gasteiger partial charge in [-0.2, -0.15) is 0 Å². The molecule has 4 aliphatic rings. The number of rotatable bonds is 4. The van der Waals surface area contributed by atoms with Crippen LogP contribution in [0.1, 0.15) is 40.0 Å². The highest BCUT2D eigenvalue weighted by Gasteiger charge is 2.81. The van der Waals surface area contributed by atoms with Gasteiger partial charge in [0, 0.05) is 0 Å². The minimum atomic E-state index is -0.456. The van der Waals surface area contributed by atoms with Crippen molar-refractivity contribution in [3.63, 3.8) is 0 Å². The minimum Gasteiger partial charge on any atom is -0.389 e. The van der Waals surface area contributed by atoms with Gasteiger partial charge in [-0.15, -0.1) is 0 Å². The summed E-state index contributed by atoms with van der Waals surface area (Å²) in [4.78, 5) is 10.6. The van der Waals surface area contributed by atoms with E-state index in [2.05, 4.69) is 13.8 Å². The Bertz CT molecular complexity index is 386. The summed E-state index contributed by atoms with van der Waals surface area (Å²) in [5, 5.41) is 10.1. The van der Waals surface area contributed by atoms with Crippen LogP contribution in [0.4, 0.5) is 0 Å². The molecule has 0 saturated heterocycles. The van der Waals surface area contributed by atoms with E-state index in [1.807, 2.05) is 0 Å². The molecule has 17 heavy (non-hydrogen) atoms. The van der Waals surface area contributed by atoms with Gasteiger partial charge in [0.05, 0.1) is 6.10 Å². The summed E-state index contributed by atoms with van der Waals surface area (Å²) in [6.45, 7) is 6.53. The van der Waals surface area contributed by atoms with E-state index < -0.39 is 6.10 Å². The fraction of sp³-hybridized carbons (Fsp3) is 0.800. The number of carbonyl (C=O) groups excluding carboxylic acids is 1. The van der Waals surface area contributed by atoms with E-state index in [0.29, 0.717) is 16.4 Å². The van der Waals surface area contributed by atoms with E-state index in [0.717, 1.165) is 30.5 Å². The third-order valence-electron chi connectivity index (χ3n) is 6.40. The molecule has 4 aliphatic carbocycles. The van der Waals surface area contributed by atoms with Gasteiger partial charge in [0.25, 0.3) is 0 Å². The highest BCUT2D eigenvalue weighted by molar-refractivity contribution is 5.72. The van der Waals surface area contributed by atoms with Crippen LogP contribution in [0, 0.1) is 28.6 Å². The van der Waals surface area contributed by atoms with Crippen molar-refractivity contribution >= 4 is 6.29 Å². The Kier molecular flexibility index (Phi) is 2.17. The number of aldehydes is 1. The molecule has 3 unspecified atom stereocenters. The normalized spacial score (nSPS) is 52.7. The molecular weight excluding hydrogens is 212 g/mol. The second-order valence-electron chi connectivity index (χ2n) is 6.88. The second kappa shape index (κ2) is 3.23. The third-order valence-corrected chi connectivity index (χ3v) is 6.40. The molecule has 4 atom stereocenters. The lowest BCUT2D eigenvalue weighted by molar-refractivity contribution is -0.104. The molecular formula is C15H22O2. The number of carbonyl (C=O) groups is 1. The summed E-state index contributed by atoms with van der Waals surface area (Å²) in [5.74, 6) is 2.67. The Hall–Kier alpha value is -0.630. The summed E-state index contributed by atoms with van der Waals surface area (Å²) in [5.41, 5.74) is 1.42. The van der Waals surface area contributed by atoms with Gasteiger partial charge in [-0.3, -0.25) is 4.79 Å². The van der Waals surface area contributed by atoms with E-state index in [1.54, 1.807) is 13.0 Å². The minimum absolute atomic E-state index is 0.293. The van der Waals surface area contributed by atoms with Crippen molar-refractivity contribution in [1.29, 1.82) is 0 Å². The first kappa shape index (κ1) is 11.5. The number of allylic oxidation sites excluding steroid dienone is 1. The Balaban J connectivity index is 1.76. The van der Waals surface area contributed by atoms with E-state index in [-0.39, 0.29) is 0 Å². The molecule has 4 bridgehead atoms. The van der Waals surface area contributed by atoms with Gasteiger partial charge >= 0.3 is 0 Å². The van der Waals surface area contributed by atoms with Crippen molar-refractivity contribution < 1.29 is 9.90 Å². The van der Waals surface area contributed by atoms with E-state index >= 15 is 0 Å². The molecule has 2 nitrogen and oxygen atoms in total. The van der Waals surface area contributed by atoms with Crippen LogP contribution >= 0.6 is 0 Å². The number of hydrogen-bond acceptors (Lipinski definition) is 2. The molecule has 4 fully saturated rings. The first-order valence-corrected chi connectivity index (χ1v) is 6.75. The lowest BCUT2D eigenvalue weighted by atomic mass is 9.70. The molecule has 0 spiro atoms. The molecule has 0 aromatic carbocycles. The second-order valence-corrected chi connectivity index (χ2v) is 6.88. The molecule has 0 aromatic rings. The molecule has 94 valence electrons. The van der Waals surface area contributed by atoms with Gasteiger partial charge in [-0.25, -0.2) is 0 Å². The van der Waals surface area contributed by atoms with Crippen LogP contribution in [-0.4, -0.2) is 17.5 Å². The smallest absolute Gasteiger partial charge is 0.145 e. The zero-order valence-corrected chi connectivity index (χ0v) is 10.9. The Morgan fingerprint density at radius 1 is 1.41 bits per heavy atom. The van der Waals surface area contributed by atoms with Crippen molar-refractivity contribution in [2.45, 2.75) is 46.1 Å². The molecule has 0 heterocycles. The van der Waals surface area contributed by atoms with Crippen LogP contribution in [0.3, 0.4) is 0 Å².